The molecule has 1 unspecified atom stereocenters. The lowest BCUT2D eigenvalue weighted by Gasteiger charge is -2.32. The van der Waals surface area contributed by atoms with E-state index >= 15 is 0 Å². The van der Waals surface area contributed by atoms with Gasteiger partial charge >= 0.3 is 0 Å². The van der Waals surface area contributed by atoms with Crippen molar-refractivity contribution >= 4 is 0 Å². The van der Waals surface area contributed by atoms with Crippen molar-refractivity contribution in [3.05, 3.63) is 35.9 Å². The van der Waals surface area contributed by atoms with Crippen LogP contribution in [0, 0.1) is 0 Å². The van der Waals surface area contributed by atoms with E-state index < -0.39 is 6.10 Å². The Morgan fingerprint density at radius 1 is 1.35 bits per heavy atom. The molecule has 1 aliphatic heterocycles. The molecule has 4 nitrogen and oxygen atoms in total. The maximum Gasteiger partial charge on any atom is 0.159 e. The van der Waals surface area contributed by atoms with Crippen LogP contribution in [0.15, 0.2) is 30.3 Å². The number of ether oxygens (including phenoxy) is 3. The number of hydrogen-bond donors (Lipinski definition) is 1. The maximum atomic E-state index is 9.75. The normalized spacial score (nSPS) is 29.2. The second-order valence-corrected chi connectivity index (χ2v) is 4.14. The molecule has 1 aromatic carbocycles. The Hall–Kier alpha value is -0.940. The van der Waals surface area contributed by atoms with Crippen LogP contribution < -0.4 is 0 Å². The predicted molar refractivity (Wildman–Crippen MR) is 62.4 cm³/mol. The molecule has 0 aliphatic carbocycles. The number of rotatable bonds is 4. The topological polar surface area (TPSA) is 47.9 Å². The zero-order valence-corrected chi connectivity index (χ0v) is 9.91. The Morgan fingerprint density at radius 2 is 2.12 bits per heavy atom. The zero-order valence-electron chi connectivity index (χ0n) is 9.91. The van der Waals surface area contributed by atoms with E-state index in [0.717, 1.165) is 5.56 Å². The molecule has 0 bridgehead atoms. The first-order valence-electron chi connectivity index (χ1n) is 5.77. The first-order chi connectivity index (χ1) is 8.29. The fourth-order valence-corrected chi connectivity index (χ4v) is 1.85. The Morgan fingerprint density at radius 3 is 2.82 bits per heavy atom. The quantitative estimate of drug-likeness (QED) is 0.859. The average molecular weight is 238 g/mol. The van der Waals surface area contributed by atoms with Crippen LogP contribution in [0.5, 0.6) is 0 Å². The molecule has 0 amide bonds. The summed E-state index contributed by atoms with van der Waals surface area (Å²) in [6.45, 7) is 0.761. The number of benzene rings is 1. The van der Waals surface area contributed by atoms with Gasteiger partial charge in [0, 0.05) is 13.5 Å². The summed E-state index contributed by atoms with van der Waals surface area (Å²) in [6, 6.07) is 9.90. The van der Waals surface area contributed by atoms with Crippen molar-refractivity contribution in [3.8, 4) is 0 Å². The summed E-state index contributed by atoms with van der Waals surface area (Å²) in [7, 11) is 1.59. The third kappa shape index (κ3) is 3.51. The molecule has 0 aromatic heterocycles. The number of aliphatic hydroxyl groups excluding tert-OH is 1. The van der Waals surface area contributed by atoms with E-state index in [2.05, 4.69) is 0 Å². The monoisotopic (exact) mass is 238 g/mol. The highest BCUT2D eigenvalue weighted by Crippen LogP contribution is 2.19. The van der Waals surface area contributed by atoms with Crippen LogP contribution in [0.2, 0.25) is 0 Å². The maximum absolute atomic E-state index is 9.75. The molecule has 1 fully saturated rings. The highest BCUT2D eigenvalue weighted by atomic mass is 16.7. The first kappa shape index (κ1) is 12.5. The average Bonchev–Trinajstić information content (AvgIpc) is 2.39. The van der Waals surface area contributed by atoms with Crippen LogP contribution in [-0.4, -0.2) is 37.3 Å². The van der Waals surface area contributed by atoms with E-state index in [-0.39, 0.29) is 19.0 Å². The van der Waals surface area contributed by atoms with Crippen LogP contribution in [0.25, 0.3) is 0 Å². The van der Waals surface area contributed by atoms with E-state index in [1.54, 1.807) is 7.11 Å². The molecule has 3 atom stereocenters. The van der Waals surface area contributed by atoms with E-state index in [4.69, 9.17) is 14.2 Å². The lowest BCUT2D eigenvalue weighted by molar-refractivity contribution is -0.218. The molecule has 1 aromatic rings. The summed E-state index contributed by atoms with van der Waals surface area (Å²) in [6.07, 6.45) is -0.525. The van der Waals surface area contributed by atoms with E-state index in [0.29, 0.717) is 13.0 Å². The van der Waals surface area contributed by atoms with Crippen molar-refractivity contribution in [2.75, 3.05) is 13.7 Å². The van der Waals surface area contributed by atoms with Gasteiger partial charge in [0.05, 0.1) is 19.3 Å². The molecule has 0 saturated carbocycles. The lowest BCUT2D eigenvalue weighted by Crippen LogP contribution is -2.43. The fraction of sp³-hybridized carbons (Fsp3) is 0.538. The molecule has 0 radical (unpaired) electrons. The van der Waals surface area contributed by atoms with Gasteiger partial charge < -0.3 is 19.3 Å². The molecule has 2 rings (SSSR count). The van der Waals surface area contributed by atoms with Gasteiger partial charge in [0.2, 0.25) is 0 Å². The molecule has 1 aliphatic rings. The predicted octanol–water partition coefficient (Wildman–Crippen LogP) is 1.33. The summed E-state index contributed by atoms with van der Waals surface area (Å²) in [5.41, 5.74) is 1.10. The molecule has 0 spiro atoms. The minimum atomic E-state index is -0.579. The van der Waals surface area contributed by atoms with E-state index in [9.17, 15) is 5.11 Å². The van der Waals surface area contributed by atoms with Gasteiger partial charge in [0.15, 0.2) is 6.29 Å². The molecule has 1 N–H and O–H groups in total. The molecule has 1 saturated heterocycles. The van der Waals surface area contributed by atoms with E-state index in [1.807, 2.05) is 30.3 Å². The summed E-state index contributed by atoms with van der Waals surface area (Å²) < 4.78 is 16.1. The van der Waals surface area contributed by atoms with E-state index in [1.165, 1.54) is 0 Å². The molecule has 17 heavy (non-hydrogen) atoms. The van der Waals surface area contributed by atoms with Crippen LogP contribution in [0.4, 0.5) is 0 Å². The van der Waals surface area contributed by atoms with Crippen molar-refractivity contribution in [3.63, 3.8) is 0 Å². The third-order valence-electron chi connectivity index (χ3n) is 2.88. The second kappa shape index (κ2) is 6.12. The number of methoxy groups -OCH3 is 1. The molecule has 4 heteroatoms. The van der Waals surface area contributed by atoms with Crippen molar-refractivity contribution in [2.45, 2.75) is 31.5 Å². The molecular formula is C13H18O4. The van der Waals surface area contributed by atoms with Crippen molar-refractivity contribution in [1.82, 2.24) is 0 Å². The zero-order chi connectivity index (χ0) is 12.1. The van der Waals surface area contributed by atoms with Gasteiger partial charge in [0.25, 0.3) is 0 Å². The van der Waals surface area contributed by atoms with Gasteiger partial charge in [0.1, 0.15) is 6.10 Å². The Labute approximate surface area is 101 Å². The first-order valence-corrected chi connectivity index (χ1v) is 5.77. The lowest BCUT2D eigenvalue weighted by atomic mass is 10.1. The highest BCUT2D eigenvalue weighted by molar-refractivity contribution is 5.13. The molecular weight excluding hydrogens is 220 g/mol. The van der Waals surface area contributed by atoms with Gasteiger partial charge in [-0.05, 0) is 5.56 Å². The SMILES string of the molecule is COC1C[C@@H](OCc2ccccc2)[C@H](O)CO1. The summed E-state index contributed by atoms with van der Waals surface area (Å²) in [5, 5.41) is 9.75. The smallest absolute Gasteiger partial charge is 0.159 e. The Kier molecular flexibility index (Phi) is 4.50. The highest BCUT2D eigenvalue weighted by Gasteiger charge is 2.30. The minimum Gasteiger partial charge on any atom is -0.388 e. The molecule has 94 valence electrons. The molecule has 1 heterocycles. The van der Waals surface area contributed by atoms with Gasteiger partial charge in [-0.15, -0.1) is 0 Å². The summed E-state index contributed by atoms with van der Waals surface area (Å²) in [5.74, 6) is 0. The third-order valence-corrected chi connectivity index (χ3v) is 2.88. The van der Waals surface area contributed by atoms with Crippen molar-refractivity contribution in [2.24, 2.45) is 0 Å². The fourth-order valence-electron chi connectivity index (χ4n) is 1.85. The van der Waals surface area contributed by atoms with Crippen LogP contribution >= 0.6 is 0 Å². The van der Waals surface area contributed by atoms with Crippen molar-refractivity contribution < 1.29 is 19.3 Å². The van der Waals surface area contributed by atoms with Crippen LogP contribution in [0.3, 0.4) is 0 Å². The van der Waals surface area contributed by atoms with Gasteiger partial charge in [-0.25, -0.2) is 0 Å². The largest absolute Gasteiger partial charge is 0.388 e. The van der Waals surface area contributed by atoms with Gasteiger partial charge in [-0.1, -0.05) is 30.3 Å². The van der Waals surface area contributed by atoms with Crippen LogP contribution in [0.1, 0.15) is 12.0 Å². The summed E-state index contributed by atoms with van der Waals surface area (Å²) >= 11 is 0. The Balaban J connectivity index is 1.85. The number of hydrogen-bond acceptors (Lipinski definition) is 4. The van der Waals surface area contributed by atoms with Gasteiger partial charge in [-0.3, -0.25) is 0 Å². The van der Waals surface area contributed by atoms with Crippen molar-refractivity contribution in [1.29, 1.82) is 0 Å². The number of aliphatic hydroxyl groups is 1. The Bertz CT molecular complexity index is 327. The second-order valence-electron chi connectivity index (χ2n) is 4.14. The minimum absolute atomic E-state index is 0.228. The van der Waals surface area contributed by atoms with Gasteiger partial charge in [-0.2, -0.15) is 0 Å². The standard InChI is InChI=1S/C13H18O4/c1-15-13-7-12(11(14)9-17-13)16-8-10-5-3-2-4-6-10/h2-6,11-14H,7-9H2,1H3/t11-,12-,13?/m1/s1. The van der Waals surface area contributed by atoms with Crippen LogP contribution in [-0.2, 0) is 20.8 Å². The summed E-state index contributed by atoms with van der Waals surface area (Å²) in [4.78, 5) is 0.